The lowest BCUT2D eigenvalue weighted by Crippen LogP contribution is -2.55. The van der Waals surface area contributed by atoms with Gasteiger partial charge in [0.1, 0.15) is 0 Å². The van der Waals surface area contributed by atoms with Crippen molar-refractivity contribution in [1.82, 2.24) is 4.90 Å². The average Bonchev–Trinajstić information content (AvgIpc) is 2.26. The molecule has 0 fully saturated rings. The zero-order chi connectivity index (χ0) is 11.9. The van der Waals surface area contributed by atoms with E-state index in [9.17, 15) is 5.11 Å². The van der Waals surface area contributed by atoms with Gasteiger partial charge in [0.05, 0.1) is 12.7 Å². The van der Waals surface area contributed by atoms with E-state index in [1.54, 1.807) is 0 Å². The summed E-state index contributed by atoms with van der Waals surface area (Å²) in [5, 5.41) is 10.2. The first-order valence-electron chi connectivity index (χ1n) is 6.07. The Bertz CT molecular complexity index is 160. The van der Waals surface area contributed by atoms with Gasteiger partial charge >= 0.3 is 0 Å². The van der Waals surface area contributed by atoms with Crippen LogP contribution in [-0.4, -0.2) is 48.0 Å². The fourth-order valence-electron chi connectivity index (χ4n) is 2.03. The standard InChI is InChI=1S/C12H27NO2/c1-6-12(5,13(7-2)8-3)11(14)10-15-9-4/h11,14H,6-10H2,1-5H3. The molecule has 0 amide bonds. The Hall–Kier alpha value is -0.120. The monoisotopic (exact) mass is 217 g/mol. The van der Waals surface area contributed by atoms with E-state index < -0.39 is 6.10 Å². The second kappa shape index (κ2) is 7.20. The molecule has 0 bridgehead atoms. The third-order valence-corrected chi connectivity index (χ3v) is 3.40. The summed E-state index contributed by atoms with van der Waals surface area (Å²) in [6, 6.07) is 0. The van der Waals surface area contributed by atoms with Gasteiger partial charge in [-0.15, -0.1) is 0 Å². The number of ether oxygens (including phenoxy) is 1. The number of aliphatic hydroxyl groups is 1. The lowest BCUT2D eigenvalue weighted by Gasteiger charge is -2.43. The van der Waals surface area contributed by atoms with Gasteiger partial charge in [-0.1, -0.05) is 20.8 Å². The molecule has 0 saturated carbocycles. The maximum absolute atomic E-state index is 10.2. The van der Waals surface area contributed by atoms with E-state index in [0.717, 1.165) is 19.5 Å². The maximum Gasteiger partial charge on any atom is 0.0953 e. The van der Waals surface area contributed by atoms with Crippen molar-refractivity contribution in [3.63, 3.8) is 0 Å². The molecular formula is C12H27NO2. The Morgan fingerprint density at radius 1 is 1.20 bits per heavy atom. The third-order valence-electron chi connectivity index (χ3n) is 3.40. The maximum atomic E-state index is 10.2. The first kappa shape index (κ1) is 14.9. The van der Waals surface area contributed by atoms with Crippen LogP contribution in [0.4, 0.5) is 0 Å². The van der Waals surface area contributed by atoms with Gasteiger partial charge in [0.15, 0.2) is 0 Å². The summed E-state index contributed by atoms with van der Waals surface area (Å²) in [4.78, 5) is 2.30. The summed E-state index contributed by atoms with van der Waals surface area (Å²) in [7, 11) is 0. The Balaban J connectivity index is 4.50. The normalized spacial score (nSPS) is 17.8. The molecule has 2 atom stereocenters. The Morgan fingerprint density at radius 2 is 1.73 bits per heavy atom. The highest BCUT2D eigenvalue weighted by molar-refractivity contribution is 4.91. The number of likely N-dealkylation sites (N-methyl/N-ethyl adjacent to an activating group) is 1. The van der Waals surface area contributed by atoms with Gasteiger partial charge in [-0.3, -0.25) is 4.90 Å². The first-order valence-corrected chi connectivity index (χ1v) is 6.07. The molecule has 0 spiro atoms. The number of hydrogen-bond donors (Lipinski definition) is 1. The van der Waals surface area contributed by atoms with Crippen molar-refractivity contribution in [2.24, 2.45) is 0 Å². The summed E-state index contributed by atoms with van der Waals surface area (Å²) >= 11 is 0. The van der Waals surface area contributed by atoms with Gasteiger partial charge in [0, 0.05) is 12.1 Å². The fraction of sp³-hybridized carbons (Fsp3) is 1.00. The largest absolute Gasteiger partial charge is 0.389 e. The van der Waals surface area contributed by atoms with E-state index >= 15 is 0 Å². The van der Waals surface area contributed by atoms with Crippen molar-refractivity contribution < 1.29 is 9.84 Å². The Morgan fingerprint density at radius 3 is 2.07 bits per heavy atom. The van der Waals surface area contributed by atoms with Crippen LogP contribution in [0.15, 0.2) is 0 Å². The predicted octanol–water partition coefficient (Wildman–Crippen LogP) is 1.89. The lowest BCUT2D eigenvalue weighted by atomic mass is 9.89. The molecule has 0 heterocycles. The SMILES string of the molecule is CCOCC(O)C(C)(CC)N(CC)CC. The van der Waals surface area contributed by atoms with Gasteiger partial charge in [0.2, 0.25) is 0 Å². The van der Waals surface area contributed by atoms with Crippen molar-refractivity contribution in [3.8, 4) is 0 Å². The molecule has 3 heteroatoms. The average molecular weight is 217 g/mol. The zero-order valence-corrected chi connectivity index (χ0v) is 10.9. The number of aliphatic hydroxyl groups excluding tert-OH is 1. The fourth-order valence-corrected chi connectivity index (χ4v) is 2.03. The van der Waals surface area contributed by atoms with Crippen LogP contribution in [-0.2, 0) is 4.74 Å². The van der Waals surface area contributed by atoms with E-state index in [1.165, 1.54) is 0 Å². The van der Waals surface area contributed by atoms with Gasteiger partial charge in [-0.2, -0.15) is 0 Å². The quantitative estimate of drug-likeness (QED) is 0.674. The smallest absolute Gasteiger partial charge is 0.0953 e. The van der Waals surface area contributed by atoms with Gasteiger partial charge < -0.3 is 9.84 Å². The first-order chi connectivity index (χ1) is 7.06. The summed E-state index contributed by atoms with van der Waals surface area (Å²) in [5.41, 5.74) is -0.168. The lowest BCUT2D eigenvalue weighted by molar-refractivity contribution is -0.0625. The molecule has 3 nitrogen and oxygen atoms in total. The van der Waals surface area contributed by atoms with Gasteiger partial charge in [0.25, 0.3) is 0 Å². The molecule has 0 aliphatic rings. The zero-order valence-electron chi connectivity index (χ0n) is 10.9. The van der Waals surface area contributed by atoms with Crippen LogP contribution in [0.3, 0.4) is 0 Å². The third kappa shape index (κ3) is 3.74. The van der Waals surface area contributed by atoms with Crippen molar-refractivity contribution in [2.45, 2.75) is 52.7 Å². The summed E-state index contributed by atoms with van der Waals surface area (Å²) in [5.74, 6) is 0. The summed E-state index contributed by atoms with van der Waals surface area (Å²) in [6.07, 6.45) is 0.519. The van der Waals surface area contributed by atoms with Crippen LogP contribution < -0.4 is 0 Å². The highest BCUT2D eigenvalue weighted by atomic mass is 16.5. The number of nitrogens with zero attached hydrogens (tertiary/aromatic N) is 1. The minimum atomic E-state index is -0.414. The van der Waals surface area contributed by atoms with Crippen molar-refractivity contribution >= 4 is 0 Å². The molecule has 0 rings (SSSR count). The predicted molar refractivity (Wildman–Crippen MR) is 64.1 cm³/mol. The summed E-state index contributed by atoms with van der Waals surface area (Å²) in [6.45, 7) is 13.5. The van der Waals surface area contributed by atoms with Crippen LogP contribution in [0.25, 0.3) is 0 Å². The number of rotatable bonds is 8. The minimum absolute atomic E-state index is 0.168. The highest BCUT2D eigenvalue weighted by Crippen LogP contribution is 2.23. The van der Waals surface area contributed by atoms with Crippen LogP contribution in [0.5, 0.6) is 0 Å². The van der Waals surface area contributed by atoms with Crippen LogP contribution >= 0.6 is 0 Å². The van der Waals surface area contributed by atoms with E-state index in [2.05, 4.69) is 32.6 Å². The molecule has 0 aliphatic heterocycles. The van der Waals surface area contributed by atoms with Gasteiger partial charge in [-0.05, 0) is 33.4 Å². The van der Waals surface area contributed by atoms with Gasteiger partial charge in [-0.25, -0.2) is 0 Å². The van der Waals surface area contributed by atoms with Crippen molar-refractivity contribution in [3.05, 3.63) is 0 Å². The van der Waals surface area contributed by atoms with E-state index in [1.807, 2.05) is 6.92 Å². The minimum Gasteiger partial charge on any atom is -0.389 e. The van der Waals surface area contributed by atoms with Crippen LogP contribution in [0.1, 0.15) is 41.0 Å². The van der Waals surface area contributed by atoms with Crippen LogP contribution in [0, 0.1) is 0 Å². The molecule has 0 radical (unpaired) electrons. The van der Waals surface area contributed by atoms with E-state index in [4.69, 9.17) is 4.74 Å². The second-order valence-electron chi connectivity index (χ2n) is 4.06. The molecule has 0 aliphatic carbocycles. The molecular weight excluding hydrogens is 190 g/mol. The second-order valence-corrected chi connectivity index (χ2v) is 4.06. The molecule has 0 saturated heterocycles. The van der Waals surface area contributed by atoms with Crippen molar-refractivity contribution in [2.75, 3.05) is 26.3 Å². The topological polar surface area (TPSA) is 32.7 Å². The molecule has 0 aromatic heterocycles. The highest BCUT2D eigenvalue weighted by Gasteiger charge is 2.35. The molecule has 92 valence electrons. The van der Waals surface area contributed by atoms with Crippen LogP contribution in [0.2, 0.25) is 0 Å². The van der Waals surface area contributed by atoms with E-state index in [0.29, 0.717) is 13.2 Å². The molecule has 15 heavy (non-hydrogen) atoms. The molecule has 1 N–H and O–H groups in total. The van der Waals surface area contributed by atoms with E-state index in [-0.39, 0.29) is 5.54 Å². The summed E-state index contributed by atoms with van der Waals surface area (Å²) < 4.78 is 5.31. The van der Waals surface area contributed by atoms with Crippen molar-refractivity contribution in [1.29, 1.82) is 0 Å². The Labute approximate surface area is 94.4 Å². The molecule has 0 aromatic carbocycles. The number of hydrogen-bond acceptors (Lipinski definition) is 3. The molecule has 2 unspecified atom stereocenters. The molecule has 0 aromatic rings. The Kier molecular flexibility index (Phi) is 7.14.